The van der Waals surface area contributed by atoms with Crippen molar-refractivity contribution < 1.29 is 14.3 Å². The summed E-state index contributed by atoms with van der Waals surface area (Å²) in [6, 6.07) is 9.55. The van der Waals surface area contributed by atoms with E-state index in [0.29, 0.717) is 11.4 Å². The zero-order valence-electron chi connectivity index (χ0n) is 13.0. The molecule has 0 unspecified atom stereocenters. The predicted molar refractivity (Wildman–Crippen MR) is 85.5 cm³/mol. The van der Waals surface area contributed by atoms with E-state index < -0.39 is 5.97 Å². The van der Waals surface area contributed by atoms with E-state index in [9.17, 15) is 4.79 Å². The topological polar surface area (TPSA) is 48.4 Å². The van der Waals surface area contributed by atoms with Crippen LogP contribution in [0.3, 0.4) is 0 Å². The van der Waals surface area contributed by atoms with Gasteiger partial charge in [-0.3, -0.25) is 4.98 Å². The van der Waals surface area contributed by atoms with Crippen LogP contribution < -0.4 is 4.74 Å². The molecule has 0 spiro atoms. The first kappa shape index (κ1) is 15.8. The summed E-state index contributed by atoms with van der Waals surface area (Å²) in [5.74, 6) is 0.288. The van der Waals surface area contributed by atoms with Gasteiger partial charge in [0.2, 0.25) is 0 Å². The summed E-state index contributed by atoms with van der Waals surface area (Å²) >= 11 is 0. The maximum atomic E-state index is 11.8. The monoisotopic (exact) mass is 297 g/mol. The summed E-state index contributed by atoms with van der Waals surface area (Å²) < 4.78 is 10.3. The van der Waals surface area contributed by atoms with Crippen LogP contribution in [0.25, 0.3) is 6.08 Å². The number of benzene rings is 1. The lowest BCUT2D eigenvalue weighted by atomic mass is 10.1. The summed E-state index contributed by atoms with van der Waals surface area (Å²) in [7, 11) is 1.58. The summed E-state index contributed by atoms with van der Waals surface area (Å²) in [6.45, 7) is 4.17. The van der Waals surface area contributed by atoms with Crippen molar-refractivity contribution in [2.75, 3.05) is 7.11 Å². The van der Waals surface area contributed by atoms with Crippen LogP contribution in [0.5, 0.6) is 5.75 Å². The number of carbonyl (C=O) groups is 1. The third-order valence-corrected chi connectivity index (χ3v) is 3.21. The molecule has 0 aliphatic carbocycles. The molecule has 2 aromatic rings. The molecule has 22 heavy (non-hydrogen) atoms. The van der Waals surface area contributed by atoms with Crippen molar-refractivity contribution in [2.45, 2.75) is 20.5 Å². The van der Waals surface area contributed by atoms with Crippen molar-refractivity contribution in [3.8, 4) is 5.75 Å². The zero-order chi connectivity index (χ0) is 15.9. The van der Waals surface area contributed by atoms with Crippen LogP contribution in [0.4, 0.5) is 0 Å². The minimum absolute atomic E-state index is 0.118. The lowest BCUT2D eigenvalue weighted by Gasteiger charge is -2.04. The molecule has 0 aliphatic rings. The molecular weight excluding hydrogens is 278 g/mol. The van der Waals surface area contributed by atoms with E-state index in [1.165, 1.54) is 11.6 Å². The third-order valence-electron chi connectivity index (χ3n) is 3.21. The first-order valence-corrected chi connectivity index (χ1v) is 6.99. The Balaban J connectivity index is 1.93. The number of carbonyl (C=O) groups excluding carboxylic acids is 1. The van der Waals surface area contributed by atoms with Gasteiger partial charge in [-0.1, -0.05) is 23.8 Å². The van der Waals surface area contributed by atoms with Gasteiger partial charge in [-0.05, 0) is 37.1 Å². The predicted octanol–water partition coefficient (Wildman–Crippen LogP) is 3.46. The second kappa shape index (κ2) is 7.41. The fourth-order valence-electron chi connectivity index (χ4n) is 2.03. The van der Waals surface area contributed by atoms with Crippen LogP contribution in [-0.2, 0) is 16.1 Å². The molecule has 114 valence electrons. The molecule has 0 bridgehead atoms. The Kier molecular flexibility index (Phi) is 5.31. The molecule has 0 saturated heterocycles. The quantitative estimate of drug-likeness (QED) is 0.626. The minimum Gasteiger partial charge on any atom is -0.497 e. The number of hydrogen-bond acceptors (Lipinski definition) is 4. The number of aryl methyl sites for hydroxylation is 2. The SMILES string of the molecule is COc1ccnc(COC(=O)/C=C/c2ccc(C)cc2C)c1. The molecule has 1 aromatic carbocycles. The zero-order valence-corrected chi connectivity index (χ0v) is 13.0. The van der Waals surface area contributed by atoms with Crippen molar-refractivity contribution in [3.63, 3.8) is 0 Å². The summed E-state index contributed by atoms with van der Waals surface area (Å²) in [4.78, 5) is 15.9. The van der Waals surface area contributed by atoms with Crippen LogP contribution >= 0.6 is 0 Å². The molecule has 2 rings (SSSR count). The Bertz CT molecular complexity index is 692. The van der Waals surface area contributed by atoms with E-state index in [0.717, 1.165) is 11.1 Å². The Labute approximate surface area is 130 Å². The van der Waals surface area contributed by atoms with Crippen molar-refractivity contribution in [1.82, 2.24) is 4.98 Å². The number of nitrogens with zero attached hydrogens (tertiary/aromatic N) is 1. The normalized spacial score (nSPS) is 10.7. The van der Waals surface area contributed by atoms with Gasteiger partial charge >= 0.3 is 5.97 Å². The van der Waals surface area contributed by atoms with E-state index >= 15 is 0 Å². The van der Waals surface area contributed by atoms with Crippen molar-refractivity contribution in [2.24, 2.45) is 0 Å². The molecule has 4 nitrogen and oxygen atoms in total. The van der Waals surface area contributed by atoms with Crippen LogP contribution in [0.15, 0.2) is 42.6 Å². The number of rotatable bonds is 5. The molecule has 0 saturated carbocycles. The van der Waals surface area contributed by atoms with E-state index in [4.69, 9.17) is 9.47 Å². The van der Waals surface area contributed by atoms with Crippen LogP contribution in [-0.4, -0.2) is 18.1 Å². The molecule has 0 aliphatic heterocycles. The van der Waals surface area contributed by atoms with Gasteiger partial charge < -0.3 is 9.47 Å². The number of ether oxygens (including phenoxy) is 2. The first-order valence-electron chi connectivity index (χ1n) is 6.99. The molecule has 0 radical (unpaired) electrons. The standard InChI is InChI=1S/C18H19NO3/c1-13-4-5-15(14(2)10-13)6-7-18(20)22-12-16-11-17(21-3)8-9-19-16/h4-11H,12H2,1-3H3/b7-6+. The number of esters is 1. The van der Waals surface area contributed by atoms with Gasteiger partial charge in [0.05, 0.1) is 12.8 Å². The van der Waals surface area contributed by atoms with Gasteiger partial charge in [0.15, 0.2) is 0 Å². The molecule has 0 N–H and O–H groups in total. The maximum Gasteiger partial charge on any atom is 0.331 e. The Morgan fingerprint density at radius 2 is 2.05 bits per heavy atom. The fourth-order valence-corrected chi connectivity index (χ4v) is 2.03. The van der Waals surface area contributed by atoms with E-state index in [1.54, 1.807) is 31.5 Å². The second-order valence-corrected chi connectivity index (χ2v) is 4.99. The minimum atomic E-state index is -0.399. The lowest BCUT2D eigenvalue weighted by Crippen LogP contribution is -2.02. The van der Waals surface area contributed by atoms with Gasteiger partial charge in [-0.15, -0.1) is 0 Å². The Hall–Kier alpha value is -2.62. The van der Waals surface area contributed by atoms with Crippen LogP contribution in [0.1, 0.15) is 22.4 Å². The highest BCUT2D eigenvalue weighted by molar-refractivity contribution is 5.87. The van der Waals surface area contributed by atoms with Crippen LogP contribution in [0.2, 0.25) is 0 Å². The van der Waals surface area contributed by atoms with Gasteiger partial charge in [-0.25, -0.2) is 4.79 Å². The molecule has 1 aromatic heterocycles. The van der Waals surface area contributed by atoms with Crippen LogP contribution in [0, 0.1) is 13.8 Å². The average Bonchev–Trinajstić information content (AvgIpc) is 2.52. The highest BCUT2D eigenvalue weighted by Gasteiger charge is 2.02. The Morgan fingerprint density at radius 3 is 2.77 bits per heavy atom. The molecular formula is C18H19NO3. The van der Waals surface area contributed by atoms with Gasteiger partial charge in [0.25, 0.3) is 0 Å². The molecule has 0 fully saturated rings. The molecule has 1 heterocycles. The summed E-state index contributed by atoms with van der Waals surface area (Å²) in [5.41, 5.74) is 3.97. The highest BCUT2D eigenvalue weighted by atomic mass is 16.5. The smallest absolute Gasteiger partial charge is 0.331 e. The van der Waals surface area contributed by atoms with E-state index in [1.807, 2.05) is 26.0 Å². The van der Waals surface area contributed by atoms with E-state index in [-0.39, 0.29) is 6.61 Å². The van der Waals surface area contributed by atoms with Crippen molar-refractivity contribution in [1.29, 1.82) is 0 Å². The fraction of sp³-hybridized carbons (Fsp3) is 0.222. The Morgan fingerprint density at radius 1 is 1.23 bits per heavy atom. The third kappa shape index (κ3) is 4.45. The van der Waals surface area contributed by atoms with Gasteiger partial charge in [0, 0.05) is 18.3 Å². The lowest BCUT2D eigenvalue weighted by molar-refractivity contribution is -0.139. The number of hydrogen-bond donors (Lipinski definition) is 0. The largest absolute Gasteiger partial charge is 0.497 e. The highest BCUT2D eigenvalue weighted by Crippen LogP contribution is 2.13. The number of aromatic nitrogens is 1. The van der Waals surface area contributed by atoms with Gasteiger partial charge in [0.1, 0.15) is 12.4 Å². The molecule has 4 heteroatoms. The van der Waals surface area contributed by atoms with Crippen molar-refractivity contribution in [3.05, 3.63) is 65.0 Å². The number of methoxy groups -OCH3 is 1. The van der Waals surface area contributed by atoms with Crippen molar-refractivity contribution >= 4 is 12.0 Å². The molecule has 0 atom stereocenters. The first-order chi connectivity index (χ1) is 10.6. The average molecular weight is 297 g/mol. The number of pyridine rings is 1. The van der Waals surface area contributed by atoms with Gasteiger partial charge in [-0.2, -0.15) is 0 Å². The summed E-state index contributed by atoms with van der Waals surface area (Å²) in [5, 5.41) is 0. The maximum absolute atomic E-state index is 11.8. The van der Waals surface area contributed by atoms with E-state index in [2.05, 4.69) is 11.1 Å². The molecule has 0 amide bonds. The summed E-state index contributed by atoms with van der Waals surface area (Å²) in [6.07, 6.45) is 4.81. The second-order valence-electron chi connectivity index (χ2n) is 4.99.